The van der Waals surface area contributed by atoms with E-state index in [0.717, 1.165) is 24.5 Å². The van der Waals surface area contributed by atoms with Crippen LogP contribution in [0.25, 0.3) is 0 Å². The minimum absolute atomic E-state index is 0. The fourth-order valence-electron chi connectivity index (χ4n) is 2.04. The summed E-state index contributed by atoms with van der Waals surface area (Å²) < 4.78 is 4.68. The van der Waals surface area contributed by atoms with E-state index >= 15 is 0 Å². The van der Waals surface area contributed by atoms with Crippen LogP contribution < -0.4 is 10.6 Å². The van der Waals surface area contributed by atoms with Crippen molar-refractivity contribution in [3.05, 3.63) is 57.8 Å². The lowest BCUT2D eigenvalue weighted by molar-refractivity contribution is 0.0600. The third kappa shape index (κ3) is 6.48. The van der Waals surface area contributed by atoms with Crippen LogP contribution in [-0.2, 0) is 17.7 Å². The summed E-state index contributed by atoms with van der Waals surface area (Å²) in [6, 6.07) is 11.5. The number of carbonyl (C=O) groups excluding carboxylic acids is 1. The van der Waals surface area contributed by atoms with E-state index in [1.165, 1.54) is 12.0 Å². The number of aliphatic imine (C=N–C) groups is 1. The molecule has 2 N–H and O–H groups in total. The van der Waals surface area contributed by atoms with Gasteiger partial charge in [0.05, 0.1) is 12.7 Å². The van der Waals surface area contributed by atoms with Crippen molar-refractivity contribution in [3.63, 3.8) is 0 Å². The van der Waals surface area contributed by atoms with Gasteiger partial charge in [-0.1, -0.05) is 18.2 Å². The van der Waals surface area contributed by atoms with Crippen molar-refractivity contribution in [2.45, 2.75) is 13.0 Å². The maximum Gasteiger partial charge on any atom is 0.337 e. The lowest BCUT2D eigenvalue weighted by Crippen LogP contribution is -2.37. The molecule has 130 valence electrons. The first kappa shape index (κ1) is 20.4. The minimum Gasteiger partial charge on any atom is -0.465 e. The van der Waals surface area contributed by atoms with Crippen LogP contribution in [-0.4, -0.2) is 32.6 Å². The Hall–Kier alpha value is -1.61. The molecule has 1 aromatic carbocycles. The van der Waals surface area contributed by atoms with E-state index in [1.54, 1.807) is 30.5 Å². The largest absolute Gasteiger partial charge is 0.465 e. The fraction of sp³-hybridized carbons (Fsp3) is 0.294. The first-order valence-corrected chi connectivity index (χ1v) is 8.25. The average Bonchev–Trinajstić information content (AvgIpc) is 3.11. The Morgan fingerprint density at radius 2 is 1.96 bits per heavy atom. The van der Waals surface area contributed by atoms with Crippen LogP contribution in [0, 0.1) is 0 Å². The fourth-order valence-corrected chi connectivity index (χ4v) is 2.75. The van der Waals surface area contributed by atoms with E-state index in [-0.39, 0.29) is 29.9 Å². The molecule has 0 radical (unpaired) electrons. The van der Waals surface area contributed by atoms with Crippen molar-refractivity contribution in [3.8, 4) is 0 Å². The van der Waals surface area contributed by atoms with Gasteiger partial charge in [0.25, 0.3) is 0 Å². The van der Waals surface area contributed by atoms with Crippen LogP contribution in [0.5, 0.6) is 0 Å². The second-order valence-electron chi connectivity index (χ2n) is 4.87. The number of benzene rings is 1. The molecule has 2 rings (SSSR count). The second kappa shape index (κ2) is 11.0. The molecule has 0 unspecified atom stereocenters. The highest BCUT2D eigenvalue weighted by molar-refractivity contribution is 14.0. The number of rotatable bonds is 6. The lowest BCUT2D eigenvalue weighted by atomic mass is 10.1. The van der Waals surface area contributed by atoms with Crippen molar-refractivity contribution in [1.82, 2.24) is 10.6 Å². The Kier molecular flexibility index (Phi) is 9.39. The predicted molar refractivity (Wildman–Crippen MR) is 109 cm³/mol. The van der Waals surface area contributed by atoms with Gasteiger partial charge in [0.1, 0.15) is 0 Å². The maximum absolute atomic E-state index is 11.4. The number of nitrogens with one attached hydrogen (secondary N) is 2. The second-order valence-corrected chi connectivity index (χ2v) is 5.90. The summed E-state index contributed by atoms with van der Waals surface area (Å²) in [5.74, 6) is 0.439. The Morgan fingerprint density at radius 3 is 2.54 bits per heavy atom. The molecule has 0 saturated heterocycles. The van der Waals surface area contributed by atoms with Crippen molar-refractivity contribution < 1.29 is 9.53 Å². The van der Waals surface area contributed by atoms with E-state index in [1.807, 2.05) is 12.1 Å². The first-order valence-electron chi connectivity index (χ1n) is 7.37. The van der Waals surface area contributed by atoms with Gasteiger partial charge in [-0.3, -0.25) is 4.99 Å². The van der Waals surface area contributed by atoms with Gasteiger partial charge in [0.15, 0.2) is 5.96 Å². The third-order valence-electron chi connectivity index (χ3n) is 3.30. The summed E-state index contributed by atoms with van der Waals surface area (Å²) in [4.78, 5) is 16.9. The molecule has 24 heavy (non-hydrogen) atoms. The van der Waals surface area contributed by atoms with Crippen LogP contribution in [0.3, 0.4) is 0 Å². The van der Waals surface area contributed by atoms with Gasteiger partial charge in [-0.05, 0) is 35.6 Å². The predicted octanol–water partition coefficient (Wildman–Crippen LogP) is 3.06. The minimum atomic E-state index is -0.324. The molecule has 0 bridgehead atoms. The Bertz CT molecular complexity index is 642. The number of thiophene rings is 1. The van der Waals surface area contributed by atoms with E-state index < -0.39 is 0 Å². The molecular weight excluding hydrogens is 437 g/mol. The Balaban J connectivity index is 0.00000288. The van der Waals surface area contributed by atoms with Gasteiger partial charge in [-0.2, -0.15) is 0 Å². The quantitative estimate of drug-likeness (QED) is 0.302. The van der Waals surface area contributed by atoms with Crippen LogP contribution in [0.4, 0.5) is 0 Å². The van der Waals surface area contributed by atoms with Gasteiger partial charge in [-0.15, -0.1) is 35.3 Å². The molecule has 0 aliphatic heterocycles. The van der Waals surface area contributed by atoms with Gasteiger partial charge < -0.3 is 15.4 Å². The summed E-state index contributed by atoms with van der Waals surface area (Å²) >= 11 is 1.76. The highest BCUT2D eigenvalue weighted by atomic mass is 127. The van der Waals surface area contributed by atoms with Crippen molar-refractivity contribution in [1.29, 1.82) is 0 Å². The SMILES string of the molecule is CN=C(NCCc1cccs1)NCc1ccc(C(=O)OC)cc1.I. The lowest BCUT2D eigenvalue weighted by Gasteiger charge is -2.11. The summed E-state index contributed by atoms with van der Waals surface area (Å²) in [6.07, 6.45) is 0.978. The van der Waals surface area contributed by atoms with Crippen molar-refractivity contribution in [2.24, 2.45) is 4.99 Å². The molecule has 0 fully saturated rings. The Labute approximate surface area is 163 Å². The molecule has 7 heteroatoms. The summed E-state index contributed by atoms with van der Waals surface area (Å²) in [5.41, 5.74) is 1.62. The number of esters is 1. The molecule has 1 heterocycles. The Morgan fingerprint density at radius 1 is 1.21 bits per heavy atom. The highest BCUT2D eigenvalue weighted by Crippen LogP contribution is 2.08. The maximum atomic E-state index is 11.4. The number of halogens is 1. The summed E-state index contributed by atoms with van der Waals surface area (Å²) in [7, 11) is 3.13. The number of ether oxygens (including phenoxy) is 1. The number of nitrogens with zero attached hydrogens (tertiary/aromatic N) is 1. The van der Waals surface area contributed by atoms with Gasteiger partial charge >= 0.3 is 5.97 Å². The molecule has 1 aromatic heterocycles. The highest BCUT2D eigenvalue weighted by Gasteiger charge is 2.04. The monoisotopic (exact) mass is 459 g/mol. The molecule has 0 aliphatic rings. The smallest absolute Gasteiger partial charge is 0.337 e. The molecule has 0 aliphatic carbocycles. The molecule has 0 saturated carbocycles. The van der Waals surface area contributed by atoms with E-state index in [2.05, 4.69) is 37.9 Å². The first-order chi connectivity index (χ1) is 11.2. The van der Waals surface area contributed by atoms with Crippen LogP contribution >= 0.6 is 35.3 Å². The van der Waals surface area contributed by atoms with Crippen molar-refractivity contribution in [2.75, 3.05) is 20.7 Å². The molecule has 0 amide bonds. The van der Waals surface area contributed by atoms with Crippen molar-refractivity contribution >= 4 is 47.2 Å². The molecular formula is C17H22IN3O2S. The number of carbonyl (C=O) groups is 1. The summed E-state index contributed by atoms with van der Waals surface area (Å²) in [5, 5.41) is 8.63. The van der Waals surface area contributed by atoms with Gasteiger partial charge in [0.2, 0.25) is 0 Å². The van der Waals surface area contributed by atoms with Crippen LogP contribution in [0.1, 0.15) is 20.8 Å². The molecule has 0 atom stereocenters. The number of hydrogen-bond donors (Lipinski definition) is 2. The number of hydrogen-bond acceptors (Lipinski definition) is 4. The van der Waals surface area contributed by atoms with E-state index in [4.69, 9.17) is 0 Å². The average molecular weight is 459 g/mol. The van der Waals surface area contributed by atoms with Crippen LogP contribution in [0.2, 0.25) is 0 Å². The number of guanidine groups is 1. The number of methoxy groups -OCH3 is 1. The normalized spacial score (nSPS) is 10.7. The van der Waals surface area contributed by atoms with Gasteiger partial charge in [0, 0.05) is 25.0 Å². The zero-order valence-corrected chi connectivity index (χ0v) is 16.9. The zero-order valence-electron chi connectivity index (χ0n) is 13.7. The standard InChI is InChI=1S/C17H21N3O2S.HI/c1-18-17(19-10-9-15-4-3-11-23-15)20-12-13-5-7-14(8-6-13)16(21)22-2;/h3-8,11H,9-10,12H2,1-2H3,(H2,18,19,20);1H. The molecule has 0 spiro atoms. The van der Waals surface area contributed by atoms with E-state index in [9.17, 15) is 4.79 Å². The van der Waals surface area contributed by atoms with Gasteiger partial charge in [-0.25, -0.2) is 4.79 Å². The van der Waals surface area contributed by atoms with E-state index in [0.29, 0.717) is 12.1 Å². The third-order valence-corrected chi connectivity index (χ3v) is 4.24. The zero-order chi connectivity index (χ0) is 16.5. The summed E-state index contributed by atoms with van der Waals surface area (Å²) in [6.45, 7) is 1.47. The molecule has 5 nitrogen and oxygen atoms in total. The van der Waals surface area contributed by atoms with Crippen LogP contribution in [0.15, 0.2) is 46.8 Å². The molecule has 2 aromatic rings. The topological polar surface area (TPSA) is 62.7 Å².